The number of amidine groups is 1. The van der Waals surface area contributed by atoms with Crippen LogP contribution in [-0.4, -0.2) is 11.4 Å². The van der Waals surface area contributed by atoms with Crippen LogP contribution in [-0.2, 0) is 0 Å². The van der Waals surface area contributed by atoms with Gasteiger partial charge in [0.1, 0.15) is 5.69 Å². The second-order valence-electron chi connectivity index (χ2n) is 2.58. The van der Waals surface area contributed by atoms with Crippen LogP contribution in [0.15, 0.2) is 17.1 Å². The van der Waals surface area contributed by atoms with Crippen LogP contribution in [0.2, 0.25) is 5.02 Å². The minimum atomic E-state index is -1.10. The summed E-state index contributed by atoms with van der Waals surface area (Å²) in [6, 6.07) is 2.03. The lowest BCUT2D eigenvalue weighted by atomic mass is 10.3. The molecule has 0 aliphatic heterocycles. The largest absolute Gasteiger partial charge is 0.271 e. The minimum Gasteiger partial charge on any atom is -0.271 e. The Hall–Kier alpha value is -1.32. The fourth-order valence-corrected chi connectivity index (χ4v) is 1.44. The Bertz CT molecular complexity index is 471. The highest BCUT2D eigenvalue weighted by Gasteiger charge is 2.10. The van der Waals surface area contributed by atoms with Gasteiger partial charge in [0.2, 0.25) is 0 Å². The van der Waals surface area contributed by atoms with Crippen LogP contribution in [0, 0.1) is 23.1 Å². The minimum absolute atomic E-state index is 0.0371. The molecule has 7 heteroatoms. The van der Waals surface area contributed by atoms with E-state index in [0.29, 0.717) is 0 Å². The van der Waals surface area contributed by atoms with Crippen LogP contribution in [0.3, 0.4) is 0 Å². The summed E-state index contributed by atoms with van der Waals surface area (Å²) in [4.78, 5) is 3.73. The van der Waals surface area contributed by atoms with E-state index in [0.717, 1.165) is 17.8 Å². The molecule has 1 rings (SSSR count). The maximum atomic E-state index is 13.3. The van der Waals surface area contributed by atoms with Crippen LogP contribution in [0.5, 0.6) is 0 Å². The van der Waals surface area contributed by atoms with E-state index >= 15 is 0 Å². The highest BCUT2D eigenvalue weighted by atomic mass is 35.5. The molecule has 0 fully saturated rings. The molecule has 0 heterocycles. The highest BCUT2D eigenvalue weighted by Crippen LogP contribution is 2.26. The van der Waals surface area contributed by atoms with Crippen molar-refractivity contribution in [2.45, 2.75) is 0 Å². The van der Waals surface area contributed by atoms with Gasteiger partial charge in [0.05, 0.1) is 0 Å². The molecule has 0 aliphatic carbocycles. The first-order valence-corrected chi connectivity index (χ1v) is 5.61. The summed E-state index contributed by atoms with van der Waals surface area (Å²) >= 11 is 6.65. The van der Waals surface area contributed by atoms with Gasteiger partial charge in [0.15, 0.2) is 23.0 Å². The zero-order valence-electron chi connectivity index (χ0n) is 8.09. The molecule has 0 radical (unpaired) electrons. The molecule has 0 saturated carbocycles. The third kappa shape index (κ3) is 3.08. The van der Waals surface area contributed by atoms with E-state index in [9.17, 15) is 8.78 Å². The van der Waals surface area contributed by atoms with Gasteiger partial charge in [-0.3, -0.25) is 5.32 Å². The number of nitrogens with zero attached hydrogens (tertiary/aromatic N) is 2. The molecule has 1 aromatic rings. The maximum absolute atomic E-state index is 13.3. The van der Waals surface area contributed by atoms with Gasteiger partial charge in [-0.2, -0.15) is 5.26 Å². The van der Waals surface area contributed by atoms with Gasteiger partial charge in [-0.15, -0.1) is 0 Å². The Kier molecular flexibility index (Phi) is 4.52. The molecule has 0 spiro atoms. The second kappa shape index (κ2) is 5.68. The lowest BCUT2D eigenvalue weighted by molar-refractivity contribution is 0.510. The normalized spacial score (nSPS) is 11.1. The van der Waals surface area contributed by atoms with E-state index in [2.05, 4.69) is 10.3 Å². The number of thioether (sulfide) groups is 1. The van der Waals surface area contributed by atoms with E-state index in [-0.39, 0.29) is 15.9 Å². The van der Waals surface area contributed by atoms with Gasteiger partial charge in [-0.25, -0.2) is 13.8 Å². The van der Waals surface area contributed by atoms with Crippen LogP contribution < -0.4 is 5.32 Å². The lowest BCUT2D eigenvalue weighted by Gasteiger charge is -2.02. The molecule has 3 nitrogen and oxygen atoms in total. The molecule has 16 heavy (non-hydrogen) atoms. The van der Waals surface area contributed by atoms with Crippen molar-refractivity contribution in [3.63, 3.8) is 0 Å². The van der Waals surface area contributed by atoms with Crippen LogP contribution in [0.25, 0.3) is 0 Å². The smallest absolute Gasteiger partial charge is 0.184 e. The summed E-state index contributed by atoms with van der Waals surface area (Å²) < 4.78 is 26.2. The van der Waals surface area contributed by atoms with Gasteiger partial charge in [-0.05, 0) is 18.4 Å². The average Bonchev–Trinajstić information content (AvgIpc) is 2.24. The number of benzene rings is 1. The monoisotopic (exact) mass is 261 g/mol. The number of rotatable bonds is 1. The van der Waals surface area contributed by atoms with Gasteiger partial charge in [0.25, 0.3) is 0 Å². The Morgan fingerprint density at radius 1 is 1.56 bits per heavy atom. The fraction of sp³-hybridized carbons (Fsp3) is 0.111. The topological polar surface area (TPSA) is 48.2 Å². The summed E-state index contributed by atoms with van der Waals surface area (Å²) in [6.45, 7) is 0. The molecule has 0 aromatic heterocycles. The Balaban J connectivity index is 3.18. The lowest BCUT2D eigenvalue weighted by Crippen LogP contribution is -2.12. The molecular formula is C9H6ClF2N3S. The SMILES string of the molecule is CSC(=Nc1cc(Cl)cc(F)c1F)NC#N. The molecule has 0 atom stereocenters. The van der Waals surface area contributed by atoms with Crippen molar-refractivity contribution < 1.29 is 8.78 Å². The summed E-state index contributed by atoms with van der Waals surface area (Å²) in [7, 11) is 0. The van der Waals surface area contributed by atoms with Gasteiger partial charge in [-0.1, -0.05) is 23.4 Å². The van der Waals surface area contributed by atoms with Crippen molar-refractivity contribution in [2.75, 3.05) is 6.26 Å². The molecule has 84 valence electrons. The van der Waals surface area contributed by atoms with Crippen LogP contribution in [0.4, 0.5) is 14.5 Å². The average molecular weight is 262 g/mol. The number of nitriles is 1. The third-order valence-electron chi connectivity index (χ3n) is 1.55. The summed E-state index contributed by atoms with van der Waals surface area (Å²) in [5, 5.41) is 10.8. The van der Waals surface area contributed by atoms with Crippen molar-refractivity contribution in [3.8, 4) is 6.19 Å². The molecule has 0 amide bonds. The standard InChI is InChI=1S/C9H6ClF2N3S/c1-16-9(14-4-13)15-7-3-5(10)2-6(11)8(7)12/h2-3H,1H3,(H,14,15). The number of hydrogen-bond donors (Lipinski definition) is 1. The third-order valence-corrected chi connectivity index (χ3v) is 2.35. The van der Waals surface area contributed by atoms with E-state index in [1.165, 1.54) is 6.07 Å². The summed E-state index contributed by atoms with van der Waals surface area (Å²) in [6.07, 6.45) is 3.28. The number of halogens is 3. The van der Waals surface area contributed by atoms with Crippen molar-refractivity contribution in [1.29, 1.82) is 5.26 Å². The Morgan fingerprint density at radius 3 is 2.81 bits per heavy atom. The maximum Gasteiger partial charge on any atom is 0.184 e. The van der Waals surface area contributed by atoms with Gasteiger partial charge >= 0.3 is 0 Å². The molecular weight excluding hydrogens is 256 g/mol. The van der Waals surface area contributed by atoms with E-state index in [1.54, 1.807) is 12.4 Å². The second-order valence-corrected chi connectivity index (χ2v) is 3.81. The molecule has 1 N–H and O–H groups in total. The van der Waals surface area contributed by atoms with Gasteiger partial charge in [0, 0.05) is 5.02 Å². The zero-order valence-corrected chi connectivity index (χ0v) is 9.66. The molecule has 0 aliphatic rings. The van der Waals surface area contributed by atoms with E-state index in [4.69, 9.17) is 16.9 Å². The first kappa shape index (κ1) is 12.7. The fourth-order valence-electron chi connectivity index (χ4n) is 0.906. The number of hydrogen-bond acceptors (Lipinski definition) is 3. The summed E-state index contributed by atoms with van der Waals surface area (Å²) in [5.74, 6) is -2.18. The zero-order chi connectivity index (χ0) is 12.1. The molecule has 0 unspecified atom stereocenters. The predicted molar refractivity (Wildman–Crippen MR) is 60.7 cm³/mol. The molecule has 0 saturated heterocycles. The first-order chi connectivity index (χ1) is 7.58. The Labute approximate surface area is 100 Å². The number of aliphatic imine (C=N–C) groups is 1. The Morgan fingerprint density at radius 2 is 2.25 bits per heavy atom. The quantitative estimate of drug-likeness (QED) is 0.278. The van der Waals surface area contributed by atoms with Crippen molar-refractivity contribution in [1.82, 2.24) is 5.32 Å². The van der Waals surface area contributed by atoms with Crippen molar-refractivity contribution >= 4 is 34.2 Å². The molecule has 0 bridgehead atoms. The van der Waals surface area contributed by atoms with Crippen LogP contribution in [0.1, 0.15) is 0 Å². The predicted octanol–water partition coefficient (Wildman–Crippen LogP) is 3.04. The van der Waals surface area contributed by atoms with Crippen molar-refractivity contribution in [3.05, 3.63) is 28.8 Å². The first-order valence-electron chi connectivity index (χ1n) is 4.00. The van der Waals surface area contributed by atoms with Crippen molar-refractivity contribution in [2.24, 2.45) is 4.99 Å². The highest BCUT2D eigenvalue weighted by molar-refractivity contribution is 8.13. The van der Waals surface area contributed by atoms with E-state index in [1.807, 2.05) is 0 Å². The number of nitrogens with one attached hydrogen (secondary N) is 1. The van der Waals surface area contributed by atoms with E-state index < -0.39 is 11.6 Å². The summed E-state index contributed by atoms with van der Waals surface area (Å²) in [5.41, 5.74) is -0.253. The van der Waals surface area contributed by atoms with Crippen LogP contribution >= 0.6 is 23.4 Å². The molecule has 1 aromatic carbocycles. The van der Waals surface area contributed by atoms with Gasteiger partial charge < -0.3 is 0 Å².